The average molecular weight is 238 g/mol. The SMILES string of the molecule is CC(O)C1CCN(CCCn2ccc(N)n2)C1. The molecule has 5 heteroatoms. The lowest BCUT2D eigenvalue weighted by atomic mass is 10.0. The fourth-order valence-corrected chi connectivity index (χ4v) is 2.42. The monoisotopic (exact) mass is 238 g/mol. The highest BCUT2D eigenvalue weighted by molar-refractivity contribution is 5.23. The lowest BCUT2D eigenvalue weighted by molar-refractivity contribution is 0.127. The molecule has 5 nitrogen and oxygen atoms in total. The van der Waals surface area contributed by atoms with Crippen molar-refractivity contribution in [2.24, 2.45) is 5.92 Å². The van der Waals surface area contributed by atoms with E-state index in [0.717, 1.165) is 39.0 Å². The Morgan fingerprint density at radius 3 is 3.00 bits per heavy atom. The lowest BCUT2D eigenvalue weighted by Gasteiger charge is -2.17. The van der Waals surface area contributed by atoms with Crippen molar-refractivity contribution >= 4 is 5.82 Å². The smallest absolute Gasteiger partial charge is 0.145 e. The number of aliphatic hydroxyl groups excluding tert-OH is 1. The van der Waals surface area contributed by atoms with Crippen molar-refractivity contribution in [3.05, 3.63) is 12.3 Å². The molecular formula is C12H22N4O. The van der Waals surface area contributed by atoms with Crippen molar-refractivity contribution in [2.75, 3.05) is 25.4 Å². The van der Waals surface area contributed by atoms with Gasteiger partial charge in [-0.05, 0) is 44.8 Å². The Morgan fingerprint density at radius 2 is 2.41 bits per heavy atom. The number of aromatic nitrogens is 2. The maximum Gasteiger partial charge on any atom is 0.145 e. The predicted octanol–water partition coefficient (Wildman–Crippen LogP) is 0.558. The van der Waals surface area contributed by atoms with Gasteiger partial charge in [0.1, 0.15) is 5.82 Å². The first-order valence-corrected chi connectivity index (χ1v) is 6.34. The molecule has 1 aromatic rings. The summed E-state index contributed by atoms with van der Waals surface area (Å²) in [6, 6.07) is 1.82. The minimum absolute atomic E-state index is 0.175. The molecule has 1 aromatic heterocycles. The molecule has 0 bridgehead atoms. The Bertz CT molecular complexity index is 350. The first-order chi connectivity index (χ1) is 8.15. The maximum absolute atomic E-state index is 9.52. The standard InChI is InChI=1S/C12H22N4O/c1-10(17)11-3-7-15(9-11)5-2-6-16-8-4-12(13)14-16/h4,8,10-11,17H,2-3,5-7,9H2,1H3,(H2,13,14). The number of hydrogen-bond donors (Lipinski definition) is 2. The number of aliphatic hydroxyl groups is 1. The van der Waals surface area contributed by atoms with Crippen LogP contribution in [0, 0.1) is 5.92 Å². The Labute approximate surface area is 102 Å². The van der Waals surface area contributed by atoms with Crippen molar-refractivity contribution in [1.29, 1.82) is 0 Å². The zero-order valence-electron chi connectivity index (χ0n) is 10.4. The highest BCUT2D eigenvalue weighted by Gasteiger charge is 2.25. The molecule has 96 valence electrons. The summed E-state index contributed by atoms with van der Waals surface area (Å²) in [6.07, 6.45) is 3.93. The zero-order chi connectivity index (χ0) is 12.3. The van der Waals surface area contributed by atoms with Crippen molar-refractivity contribution in [3.8, 4) is 0 Å². The van der Waals surface area contributed by atoms with E-state index >= 15 is 0 Å². The van der Waals surface area contributed by atoms with E-state index in [1.165, 1.54) is 0 Å². The van der Waals surface area contributed by atoms with Crippen LogP contribution in [-0.4, -0.2) is 45.5 Å². The fraction of sp³-hybridized carbons (Fsp3) is 0.750. The normalized spacial score (nSPS) is 23.1. The molecule has 2 unspecified atom stereocenters. The largest absolute Gasteiger partial charge is 0.393 e. The van der Waals surface area contributed by atoms with E-state index in [4.69, 9.17) is 5.73 Å². The van der Waals surface area contributed by atoms with Crippen LogP contribution >= 0.6 is 0 Å². The maximum atomic E-state index is 9.52. The van der Waals surface area contributed by atoms with Gasteiger partial charge in [-0.2, -0.15) is 5.10 Å². The number of likely N-dealkylation sites (tertiary alicyclic amines) is 1. The molecule has 0 amide bonds. The number of anilines is 1. The summed E-state index contributed by atoms with van der Waals surface area (Å²) in [5, 5.41) is 13.7. The van der Waals surface area contributed by atoms with Gasteiger partial charge in [0.2, 0.25) is 0 Å². The Morgan fingerprint density at radius 1 is 1.59 bits per heavy atom. The summed E-state index contributed by atoms with van der Waals surface area (Å²) in [6.45, 7) is 6.01. The quantitative estimate of drug-likeness (QED) is 0.786. The second-order valence-electron chi connectivity index (χ2n) is 4.95. The van der Waals surface area contributed by atoms with Crippen LogP contribution in [0.15, 0.2) is 12.3 Å². The van der Waals surface area contributed by atoms with E-state index in [9.17, 15) is 5.11 Å². The molecule has 2 rings (SSSR count). The third-order valence-electron chi connectivity index (χ3n) is 3.51. The van der Waals surface area contributed by atoms with Crippen LogP contribution in [0.25, 0.3) is 0 Å². The Hall–Kier alpha value is -1.07. The van der Waals surface area contributed by atoms with Gasteiger partial charge in [0.25, 0.3) is 0 Å². The van der Waals surface area contributed by atoms with Crippen molar-refractivity contribution in [3.63, 3.8) is 0 Å². The van der Waals surface area contributed by atoms with E-state index in [2.05, 4.69) is 10.00 Å². The predicted molar refractivity (Wildman–Crippen MR) is 67.5 cm³/mol. The Kier molecular flexibility index (Phi) is 4.02. The summed E-state index contributed by atoms with van der Waals surface area (Å²) in [5.74, 6) is 1.04. The molecule has 0 saturated carbocycles. The van der Waals surface area contributed by atoms with Gasteiger partial charge in [0.05, 0.1) is 6.10 Å². The second kappa shape index (κ2) is 5.51. The molecule has 1 fully saturated rings. The topological polar surface area (TPSA) is 67.3 Å². The van der Waals surface area contributed by atoms with Crippen LogP contribution in [0.2, 0.25) is 0 Å². The van der Waals surface area contributed by atoms with Crippen LogP contribution in [0.3, 0.4) is 0 Å². The minimum Gasteiger partial charge on any atom is -0.393 e. The zero-order valence-corrected chi connectivity index (χ0v) is 10.4. The van der Waals surface area contributed by atoms with E-state index in [0.29, 0.717) is 11.7 Å². The van der Waals surface area contributed by atoms with Gasteiger partial charge in [-0.3, -0.25) is 4.68 Å². The highest BCUT2D eigenvalue weighted by Crippen LogP contribution is 2.19. The summed E-state index contributed by atoms with van der Waals surface area (Å²) in [4.78, 5) is 2.42. The van der Waals surface area contributed by atoms with E-state index in [-0.39, 0.29) is 6.10 Å². The van der Waals surface area contributed by atoms with Crippen LogP contribution in [0.4, 0.5) is 5.82 Å². The molecule has 1 aliphatic heterocycles. The molecule has 2 atom stereocenters. The molecular weight excluding hydrogens is 216 g/mol. The minimum atomic E-state index is -0.175. The molecule has 3 N–H and O–H groups in total. The van der Waals surface area contributed by atoms with Gasteiger partial charge < -0.3 is 15.7 Å². The van der Waals surface area contributed by atoms with E-state index in [1.54, 1.807) is 0 Å². The number of aryl methyl sites for hydroxylation is 1. The first kappa shape index (κ1) is 12.4. The summed E-state index contributed by atoms with van der Waals surface area (Å²) < 4.78 is 1.89. The van der Waals surface area contributed by atoms with Gasteiger partial charge in [-0.15, -0.1) is 0 Å². The van der Waals surface area contributed by atoms with Crippen LogP contribution < -0.4 is 5.73 Å². The molecule has 1 aliphatic rings. The van der Waals surface area contributed by atoms with Crippen molar-refractivity contribution in [2.45, 2.75) is 32.4 Å². The highest BCUT2D eigenvalue weighted by atomic mass is 16.3. The molecule has 1 saturated heterocycles. The van der Waals surface area contributed by atoms with Crippen LogP contribution in [-0.2, 0) is 6.54 Å². The molecule has 0 spiro atoms. The number of rotatable bonds is 5. The van der Waals surface area contributed by atoms with Gasteiger partial charge in [-0.25, -0.2) is 0 Å². The number of nitrogens with two attached hydrogens (primary N) is 1. The summed E-state index contributed by atoms with van der Waals surface area (Å²) in [5.41, 5.74) is 5.55. The van der Waals surface area contributed by atoms with Gasteiger partial charge in [0, 0.05) is 19.3 Å². The summed E-state index contributed by atoms with van der Waals surface area (Å²) >= 11 is 0. The Balaban J connectivity index is 1.66. The molecule has 0 aromatic carbocycles. The van der Waals surface area contributed by atoms with Gasteiger partial charge in [0.15, 0.2) is 0 Å². The third-order valence-corrected chi connectivity index (χ3v) is 3.51. The number of nitrogen functional groups attached to an aromatic ring is 1. The number of hydrogen-bond acceptors (Lipinski definition) is 4. The van der Waals surface area contributed by atoms with Gasteiger partial charge >= 0.3 is 0 Å². The first-order valence-electron chi connectivity index (χ1n) is 6.34. The third kappa shape index (κ3) is 3.44. The van der Waals surface area contributed by atoms with Crippen molar-refractivity contribution < 1.29 is 5.11 Å². The number of nitrogens with zero attached hydrogens (tertiary/aromatic N) is 3. The lowest BCUT2D eigenvalue weighted by Crippen LogP contribution is -2.25. The average Bonchev–Trinajstić information content (AvgIpc) is 2.88. The van der Waals surface area contributed by atoms with Gasteiger partial charge in [-0.1, -0.05) is 0 Å². The molecule has 0 aliphatic carbocycles. The van der Waals surface area contributed by atoms with Crippen LogP contribution in [0.5, 0.6) is 0 Å². The van der Waals surface area contributed by atoms with E-state index < -0.39 is 0 Å². The second-order valence-corrected chi connectivity index (χ2v) is 4.95. The molecule has 17 heavy (non-hydrogen) atoms. The van der Waals surface area contributed by atoms with E-state index in [1.807, 2.05) is 23.9 Å². The molecule has 2 heterocycles. The molecule has 0 radical (unpaired) electrons. The summed E-state index contributed by atoms with van der Waals surface area (Å²) in [7, 11) is 0. The fourth-order valence-electron chi connectivity index (χ4n) is 2.42. The van der Waals surface area contributed by atoms with Crippen LogP contribution in [0.1, 0.15) is 19.8 Å². The van der Waals surface area contributed by atoms with Crippen molar-refractivity contribution in [1.82, 2.24) is 14.7 Å².